The molecule has 0 heterocycles. The molecule has 2 N–H and O–H groups in total. The zero-order valence-electron chi connectivity index (χ0n) is 9.94. The van der Waals surface area contributed by atoms with Crippen LogP contribution in [0, 0.1) is 0 Å². The van der Waals surface area contributed by atoms with Crippen molar-refractivity contribution in [1.82, 2.24) is 0 Å². The van der Waals surface area contributed by atoms with E-state index in [1.807, 2.05) is 0 Å². The number of hydrogen-bond acceptors (Lipinski definition) is 1. The van der Waals surface area contributed by atoms with E-state index in [-0.39, 0.29) is 0 Å². The van der Waals surface area contributed by atoms with Crippen LogP contribution < -0.4 is 16.3 Å². The first-order valence-electron chi connectivity index (χ1n) is 5.70. The summed E-state index contributed by atoms with van der Waals surface area (Å²) in [5, 5.41) is 2.90. The molecule has 4 heteroatoms. The van der Waals surface area contributed by atoms with Gasteiger partial charge in [0.15, 0.2) is 0 Å². The van der Waals surface area contributed by atoms with Crippen molar-refractivity contribution in [3.05, 3.63) is 60.7 Å². The second-order valence-corrected chi connectivity index (χ2v) is 6.36. The Morgan fingerprint density at radius 1 is 0.833 bits per heavy atom. The van der Waals surface area contributed by atoms with Gasteiger partial charge in [0.1, 0.15) is 0 Å². The van der Waals surface area contributed by atoms with Gasteiger partial charge in [0.2, 0.25) is 0 Å². The molecule has 0 unspecified atom stereocenters. The number of hydrogen-bond donors (Lipinski definition) is 1. The average molecular weight is 463 g/mol. The van der Waals surface area contributed by atoms with Crippen molar-refractivity contribution in [2.24, 2.45) is 5.73 Å². The third kappa shape index (κ3) is 4.85. The molecular weight excluding hydrogens is 446 g/mol. The molecule has 0 aliphatic rings. The molecule has 0 atom stereocenters. The summed E-state index contributed by atoms with van der Waals surface area (Å²) in [6, 6.07) is 21.5. The van der Waals surface area contributed by atoms with Gasteiger partial charge in [-0.15, -0.1) is 0 Å². The summed E-state index contributed by atoms with van der Waals surface area (Å²) in [6.07, 6.45) is 1.10. The topological polar surface area (TPSA) is 26.0 Å². The molecule has 100 valence electrons. The van der Waals surface area contributed by atoms with Crippen molar-refractivity contribution in [2.45, 2.75) is 0 Å². The zero-order valence-corrected chi connectivity index (χ0v) is 13.9. The molecule has 0 bridgehead atoms. The van der Waals surface area contributed by atoms with Crippen LogP contribution in [0.3, 0.4) is 0 Å². The molecule has 0 radical (unpaired) electrons. The first-order valence-corrected chi connectivity index (χ1v) is 10.1. The molecule has 0 aromatic heterocycles. The fourth-order valence-electron chi connectivity index (χ4n) is 1.88. The molecule has 0 aliphatic heterocycles. The third-order valence-corrected chi connectivity index (χ3v) is 5.49. The summed E-state index contributed by atoms with van der Waals surface area (Å²) in [5.41, 5.74) is 5.73. The Labute approximate surface area is 126 Å². The van der Waals surface area contributed by atoms with Crippen LogP contribution in [0.1, 0.15) is 0 Å². The van der Waals surface area contributed by atoms with Crippen LogP contribution in [0.2, 0.25) is 0 Å². The van der Waals surface area contributed by atoms with E-state index in [4.69, 9.17) is 5.73 Å². The Balaban J connectivity index is 0.000000771. The van der Waals surface area contributed by atoms with Gasteiger partial charge >= 0.3 is 29.2 Å². The van der Waals surface area contributed by atoms with Gasteiger partial charge in [-0.05, 0) is 24.3 Å². The van der Waals surface area contributed by atoms with Crippen molar-refractivity contribution in [2.75, 3.05) is 12.7 Å². The van der Waals surface area contributed by atoms with Crippen LogP contribution in [0.15, 0.2) is 60.7 Å². The molecule has 0 saturated heterocycles. The van der Waals surface area contributed by atoms with Gasteiger partial charge < -0.3 is 5.73 Å². The maximum atomic E-state index is 5.73. The maximum absolute atomic E-state index is 5.73. The number of nitrogens with two attached hydrogens (primary N) is 1. The standard InChI is InChI=1S/C14H16NP.Au.ClH/c15-11-12-16(13-7-3-1-4-8-13)14-9-5-2-6-10-14;;/h1-10H,11-12,15H2;;1H/q;+1;. The van der Waals surface area contributed by atoms with Gasteiger partial charge in [0, 0.05) is 6.54 Å². The number of benzene rings is 2. The van der Waals surface area contributed by atoms with Crippen molar-refractivity contribution in [1.29, 1.82) is 0 Å². The van der Waals surface area contributed by atoms with E-state index in [0.717, 1.165) is 12.7 Å². The van der Waals surface area contributed by atoms with Crippen molar-refractivity contribution < 1.29 is 20.0 Å². The fourth-order valence-corrected chi connectivity index (χ4v) is 4.27. The van der Waals surface area contributed by atoms with E-state index in [0.29, 0.717) is 0 Å². The normalized spacial score (nSPS) is 9.83. The monoisotopic (exact) mass is 462 g/mol. The molecule has 2 aromatic rings. The van der Waals surface area contributed by atoms with E-state index in [1.54, 1.807) is 20.0 Å². The van der Waals surface area contributed by atoms with Crippen molar-refractivity contribution in [3.8, 4) is 0 Å². The molecule has 0 fully saturated rings. The Kier molecular flexibility index (Phi) is 8.62. The summed E-state index contributed by atoms with van der Waals surface area (Å²) >= 11 is 1.75. The van der Waals surface area contributed by atoms with E-state index >= 15 is 0 Å². The van der Waals surface area contributed by atoms with Gasteiger partial charge in [0.25, 0.3) is 0 Å². The summed E-state index contributed by atoms with van der Waals surface area (Å²) in [7, 11) is 3.91. The van der Waals surface area contributed by atoms with Crippen LogP contribution in [0.4, 0.5) is 0 Å². The van der Waals surface area contributed by atoms with Crippen LogP contribution in [0.25, 0.3) is 0 Å². The molecule has 0 aliphatic carbocycles. The minimum absolute atomic E-state index is 0.676. The van der Waals surface area contributed by atoms with Gasteiger partial charge in [-0.25, -0.2) is 0 Å². The quantitative estimate of drug-likeness (QED) is 0.548. The first kappa shape index (κ1) is 15.9. The van der Waals surface area contributed by atoms with E-state index in [1.165, 1.54) is 10.6 Å². The summed E-state index contributed by atoms with van der Waals surface area (Å²) in [5.74, 6) is 0. The predicted octanol–water partition coefficient (Wildman–Crippen LogP) is 2.50. The minimum atomic E-state index is -0.676. The van der Waals surface area contributed by atoms with Gasteiger partial charge in [-0.1, -0.05) is 36.4 Å². The molecule has 1 nitrogen and oxygen atoms in total. The van der Waals surface area contributed by atoms with Crippen LogP contribution in [-0.2, 0) is 20.0 Å². The van der Waals surface area contributed by atoms with Gasteiger partial charge in [0.05, 0.1) is 24.7 Å². The van der Waals surface area contributed by atoms with Crippen LogP contribution in [0.5, 0.6) is 0 Å². The van der Waals surface area contributed by atoms with E-state index in [2.05, 4.69) is 69.9 Å². The average Bonchev–Trinajstić information content (AvgIpc) is 2.49. The third-order valence-electron chi connectivity index (χ3n) is 2.64. The molecule has 2 rings (SSSR count). The SMILES string of the molecule is NCC[PH+](c1ccccc1)c1ccccc1.[Cl][Au]. The number of halogens is 1. The Hall–Kier alpha value is -0.140. The number of rotatable bonds is 4. The molecule has 0 saturated carbocycles. The Morgan fingerprint density at radius 3 is 1.56 bits per heavy atom. The second kappa shape index (κ2) is 9.75. The summed E-state index contributed by atoms with van der Waals surface area (Å²) in [6.45, 7) is 0.762. The van der Waals surface area contributed by atoms with E-state index < -0.39 is 7.92 Å². The first-order chi connectivity index (χ1) is 8.92. The predicted molar refractivity (Wildman–Crippen MR) is 80.2 cm³/mol. The van der Waals surface area contributed by atoms with Gasteiger partial charge in [-0.3, -0.25) is 0 Å². The molecular formula is C14H17AuClNP+. The second-order valence-electron chi connectivity index (χ2n) is 3.75. The van der Waals surface area contributed by atoms with Crippen LogP contribution >= 0.6 is 17.1 Å². The summed E-state index contributed by atoms with van der Waals surface area (Å²) < 4.78 is 0. The molecule has 18 heavy (non-hydrogen) atoms. The molecule has 0 amide bonds. The van der Waals surface area contributed by atoms with Crippen molar-refractivity contribution in [3.63, 3.8) is 0 Å². The fraction of sp³-hybridized carbons (Fsp3) is 0.143. The van der Waals surface area contributed by atoms with E-state index in [9.17, 15) is 0 Å². The molecule has 2 aromatic carbocycles. The van der Waals surface area contributed by atoms with Crippen LogP contribution in [-0.4, -0.2) is 12.7 Å². The Bertz CT molecular complexity index is 385. The molecule has 0 spiro atoms. The zero-order chi connectivity index (χ0) is 13.2. The van der Waals surface area contributed by atoms with Gasteiger partial charge in [-0.2, -0.15) is 0 Å². The summed E-state index contributed by atoms with van der Waals surface area (Å²) in [4.78, 5) is 0. The Morgan fingerprint density at radius 2 is 1.22 bits per heavy atom. The van der Waals surface area contributed by atoms with Crippen molar-refractivity contribution >= 4 is 27.7 Å².